The van der Waals surface area contributed by atoms with Gasteiger partial charge in [-0.1, -0.05) is 218 Å². The summed E-state index contributed by atoms with van der Waals surface area (Å²) in [7, 11) is 0. The quantitative estimate of drug-likeness (QED) is 0.113. The van der Waals surface area contributed by atoms with Crippen molar-refractivity contribution in [1.29, 1.82) is 0 Å². The molecule has 0 saturated carbocycles. The van der Waals surface area contributed by atoms with E-state index in [-0.39, 0.29) is 20.9 Å². The van der Waals surface area contributed by atoms with Crippen molar-refractivity contribution in [3.63, 3.8) is 0 Å². The molecule has 9 heteroatoms. The molecule has 6 nitrogen and oxygen atoms in total. The zero-order valence-corrected chi connectivity index (χ0v) is 47.8. The van der Waals surface area contributed by atoms with Gasteiger partial charge in [-0.15, -0.1) is 0 Å². The normalized spacial score (nSPS) is 13.3. The number of nitrogens with zero attached hydrogens (tertiary/aromatic N) is 6. The highest BCUT2D eigenvalue weighted by atomic mass is 15.3. The minimum absolute atomic E-state index is 0.133. The summed E-state index contributed by atoms with van der Waals surface area (Å²) < 4.78 is 0. The predicted molar refractivity (Wildman–Crippen MR) is 370 cm³/mol. The fourth-order valence-corrected chi connectivity index (χ4v) is 13.5. The van der Waals surface area contributed by atoms with Crippen LogP contribution < -0.4 is 45.3 Å². The molecule has 0 aromatic heterocycles. The van der Waals surface area contributed by atoms with Crippen LogP contribution in [-0.2, 0) is 0 Å². The fourth-order valence-electron chi connectivity index (χ4n) is 13.5. The highest BCUT2D eigenvalue weighted by molar-refractivity contribution is 6.86. The lowest BCUT2D eigenvalue weighted by Crippen LogP contribution is -2.53. The van der Waals surface area contributed by atoms with Crippen LogP contribution in [0.2, 0.25) is 0 Å². The van der Waals surface area contributed by atoms with E-state index in [1.165, 1.54) is 50.5 Å². The summed E-state index contributed by atoms with van der Waals surface area (Å²) in [6.45, 7) is -0.398. The van der Waals surface area contributed by atoms with Crippen molar-refractivity contribution in [1.82, 2.24) is 0 Å². The summed E-state index contributed by atoms with van der Waals surface area (Å²) >= 11 is 0. The standard InChI is InChI=1S/C78H57B3N6/c1-7-25-67(26-8-1)82-73-37-19-20-38-74(73)83(68-27-9-2-10-28-68)79(82)64-49-43-58(44-50-64)61-55-62(59-45-51-65(52-46-59)80-84(69-29-11-3-12-30-69)75-39-21-22-40-76(75)85(80)70-31-13-4-14-32-70)57-63(56-61)60-47-53-66(54-48-60)81-86(71-33-15-5-16-34-71)77-41-23-24-42-78(77)87(81)72-35-17-6-18-36-72/h1-57H. The first-order chi connectivity index (χ1) is 43.2. The molecule has 0 radical (unpaired) electrons. The van der Waals surface area contributed by atoms with Crippen molar-refractivity contribution in [2.45, 2.75) is 0 Å². The van der Waals surface area contributed by atoms with E-state index < -0.39 is 0 Å². The second kappa shape index (κ2) is 22.1. The molecule has 3 heterocycles. The summed E-state index contributed by atoms with van der Waals surface area (Å²) in [6.07, 6.45) is 0. The Labute approximate surface area is 510 Å². The van der Waals surface area contributed by atoms with E-state index in [0.717, 1.165) is 67.5 Å². The van der Waals surface area contributed by atoms with Crippen LogP contribution in [-0.4, -0.2) is 20.9 Å². The summed E-state index contributed by atoms with van der Waals surface area (Å²) in [5, 5.41) is 0. The molecule has 0 atom stereocenters. The van der Waals surface area contributed by atoms with Crippen LogP contribution in [0.3, 0.4) is 0 Å². The van der Waals surface area contributed by atoms with Gasteiger partial charge >= 0.3 is 20.9 Å². The van der Waals surface area contributed by atoms with E-state index in [1.54, 1.807) is 0 Å². The molecule has 87 heavy (non-hydrogen) atoms. The van der Waals surface area contributed by atoms with Gasteiger partial charge in [-0.25, -0.2) is 0 Å². The molecular formula is C78H57B3N6. The molecule has 3 aliphatic heterocycles. The molecule has 3 aliphatic rings. The van der Waals surface area contributed by atoms with Crippen LogP contribution in [0.5, 0.6) is 0 Å². The molecule has 0 aliphatic carbocycles. The first kappa shape index (κ1) is 51.5. The van der Waals surface area contributed by atoms with Crippen molar-refractivity contribution in [2.75, 3.05) is 28.9 Å². The number of rotatable bonds is 12. The zero-order chi connectivity index (χ0) is 57.6. The van der Waals surface area contributed by atoms with Crippen LogP contribution in [0.4, 0.5) is 68.2 Å². The Bertz CT molecular complexity index is 3870. The minimum Gasteiger partial charge on any atom is -0.360 e. The molecule has 13 aromatic rings. The molecular weight excluding hydrogens is 1050 g/mol. The maximum absolute atomic E-state index is 2.48. The minimum atomic E-state index is -0.133. The smallest absolute Gasteiger partial charge is 0.360 e. The van der Waals surface area contributed by atoms with Gasteiger partial charge in [0.05, 0.1) is 34.1 Å². The first-order valence-corrected chi connectivity index (χ1v) is 30.0. The van der Waals surface area contributed by atoms with Crippen LogP contribution in [0.25, 0.3) is 33.4 Å². The maximum Gasteiger partial charge on any atom is 0.420 e. The molecule has 0 unspecified atom stereocenters. The van der Waals surface area contributed by atoms with Crippen molar-refractivity contribution in [3.05, 3.63) is 346 Å². The SMILES string of the molecule is c1ccc(N2B(c3ccc(-c4cc(-c5ccc(B6N(c7ccccc7)c7ccccc7N6c6ccccc6)cc5)cc(-c5ccc(B6N(c7ccccc7)c7ccccc7N6c6ccccc6)cc5)c4)cc3)N(c3ccccc3)c3ccccc32)cc1. The first-order valence-electron chi connectivity index (χ1n) is 30.0. The monoisotopic (exact) mass is 1110 g/mol. The molecule has 408 valence electrons. The highest BCUT2D eigenvalue weighted by Crippen LogP contribution is 2.49. The van der Waals surface area contributed by atoms with Gasteiger partial charge in [0.2, 0.25) is 0 Å². The molecule has 0 bridgehead atoms. The Kier molecular flexibility index (Phi) is 13.1. The maximum atomic E-state index is 2.48. The van der Waals surface area contributed by atoms with Crippen LogP contribution in [0.1, 0.15) is 0 Å². The number of hydrogen-bond donors (Lipinski definition) is 0. The van der Waals surface area contributed by atoms with E-state index in [2.05, 4.69) is 375 Å². The third kappa shape index (κ3) is 9.20. The molecule has 0 spiro atoms. The second-order valence-corrected chi connectivity index (χ2v) is 22.5. The van der Waals surface area contributed by atoms with Crippen molar-refractivity contribution >= 4 is 106 Å². The van der Waals surface area contributed by atoms with Gasteiger partial charge in [0.1, 0.15) is 0 Å². The molecule has 0 N–H and O–H groups in total. The van der Waals surface area contributed by atoms with Gasteiger partial charge in [0, 0.05) is 34.1 Å². The van der Waals surface area contributed by atoms with E-state index in [1.807, 2.05) is 0 Å². The highest BCUT2D eigenvalue weighted by Gasteiger charge is 2.46. The lowest BCUT2D eigenvalue weighted by molar-refractivity contribution is 1.39. The Morgan fingerprint density at radius 2 is 0.310 bits per heavy atom. The number of benzene rings is 13. The molecule has 0 saturated heterocycles. The van der Waals surface area contributed by atoms with E-state index >= 15 is 0 Å². The topological polar surface area (TPSA) is 19.4 Å². The lowest BCUT2D eigenvalue weighted by atomic mass is 9.64. The van der Waals surface area contributed by atoms with E-state index in [0.29, 0.717) is 0 Å². The van der Waals surface area contributed by atoms with E-state index in [9.17, 15) is 0 Å². The molecule has 0 fully saturated rings. The summed E-state index contributed by atoms with van der Waals surface area (Å²) in [5.74, 6) is 0. The average Bonchev–Trinajstić information content (AvgIpc) is 1.86. The van der Waals surface area contributed by atoms with Gasteiger partial charge < -0.3 is 28.9 Å². The van der Waals surface area contributed by atoms with Crippen molar-refractivity contribution < 1.29 is 0 Å². The third-order valence-corrected chi connectivity index (χ3v) is 17.4. The number of hydrogen-bond acceptors (Lipinski definition) is 6. The summed E-state index contributed by atoms with van der Waals surface area (Å²) in [4.78, 5) is 14.9. The van der Waals surface area contributed by atoms with E-state index in [4.69, 9.17) is 0 Å². The third-order valence-electron chi connectivity index (χ3n) is 17.4. The Balaban J connectivity index is 0.815. The zero-order valence-electron chi connectivity index (χ0n) is 47.8. The Hall–Kier alpha value is -11.1. The van der Waals surface area contributed by atoms with Crippen molar-refractivity contribution in [3.8, 4) is 33.4 Å². The molecule has 0 amide bonds. The second-order valence-electron chi connectivity index (χ2n) is 22.5. The Morgan fingerprint density at radius 3 is 0.483 bits per heavy atom. The van der Waals surface area contributed by atoms with Gasteiger partial charge in [-0.05, 0) is 177 Å². The summed E-state index contributed by atoms with van der Waals surface area (Å²) in [6, 6.07) is 126. The molecule has 16 rings (SSSR count). The van der Waals surface area contributed by atoms with Crippen LogP contribution >= 0.6 is 0 Å². The number of para-hydroxylation sites is 12. The number of anilines is 12. The van der Waals surface area contributed by atoms with Gasteiger partial charge in [0.25, 0.3) is 0 Å². The fraction of sp³-hybridized carbons (Fsp3) is 0. The number of fused-ring (bicyclic) bond motifs is 3. The van der Waals surface area contributed by atoms with Crippen LogP contribution in [0.15, 0.2) is 346 Å². The van der Waals surface area contributed by atoms with Crippen LogP contribution in [0, 0.1) is 0 Å². The Morgan fingerprint density at radius 1 is 0.149 bits per heavy atom. The average molecular weight is 1110 g/mol. The molecule has 13 aromatic carbocycles. The largest absolute Gasteiger partial charge is 0.420 e. The lowest BCUT2D eigenvalue weighted by Gasteiger charge is -2.30. The van der Waals surface area contributed by atoms with Gasteiger partial charge in [-0.2, -0.15) is 0 Å². The summed E-state index contributed by atoms with van der Waals surface area (Å²) in [5.41, 5.74) is 24.3. The van der Waals surface area contributed by atoms with Gasteiger partial charge in [-0.3, -0.25) is 0 Å². The van der Waals surface area contributed by atoms with Gasteiger partial charge in [0.15, 0.2) is 0 Å². The van der Waals surface area contributed by atoms with Crippen molar-refractivity contribution in [2.24, 2.45) is 0 Å². The predicted octanol–water partition coefficient (Wildman–Crippen LogP) is 17.7.